The molecule has 8 heteroatoms. The third kappa shape index (κ3) is 4.78. The van der Waals surface area contributed by atoms with Crippen molar-refractivity contribution in [3.63, 3.8) is 0 Å². The van der Waals surface area contributed by atoms with E-state index in [1.807, 2.05) is 6.92 Å². The van der Waals surface area contributed by atoms with Gasteiger partial charge in [0.15, 0.2) is 28.7 Å². The first-order valence-electron chi connectivity index (χ1n) is 11.3. The summed E-state index contributed by atoms with van der Waals surface area (Å²) < 4.78 is 11.0. The molecule has 0 N–H and O–H groups in total. The minimum atomic E-state index is -1.66. The quantitative estimate of drug-likeness (QED) is 0.164. The smallest absolute Gasteiger partial charge is 0.347 e. The summed E-state index contributed by atoms with van der Waals surface area (Å²) in [7, 11) is 0. The molecule has 1 aliphatic heterocycles. The Morgan fingerprint density at radius 2 is 1.77 bits per heavy atom. The average Bonchev–Trinajstić information content (AvgIpc) is 3.06. The van der Waals surface area contributed by atoms with Gasteiger partial charge in [-0.3, -0.25) is 14.4 Å². The molecule has 1 aliphatic carbocycles. The third-order valence-electron chi connectivity index (χ3n) is 6.22. The van der Waals surface area contributed by atoms with Crippen molar-refractivity contribution >= 4 is 40.5 Å². The zero-order chi connectivity index (χ0) is 26.2. The number of Topliss-reactive ketones (excluding diaryl/α,β-unsaturated/α-hetero) is 2. The molecule has 0 radical (unpaired) electrons. The van der Waals surface area contributed by atoms with Crippen LogP contribution in [0.15, 0.2) is 55.3 Å². The van der Waals surface area contributed by atoms with Crippen LogP contribution in [0.25, 0.3) is 5.57 Å². The number of ether oxygens (including phenoxy) is 1. The molecule has 184 valence electrons. The number of hydrogen-bond donors (Lipinski definition) is 0. The summed E-state index contributed by atoms with van der Waals surface area (Å²) in [5, 5.41) is -0.0204. The molecule has 3 rings (SSSR count). The summed E-state index contributed by atoms with van der Waals surface area (Å²) in [4.78, 5) is 62.3. The lowest BCUT2D eigenvalue weighted by Gasteiger charge is -2.32. The highest BCUT2D eigenvalue weighted by atomic mass is 35.5. The summed E-state index contributed by atoms with van der Waals surface area (Å²) in [6.45, 7) is 9.90. The largest absolute Gasteiger partial charge is 0.442 e. The summed E-state index contributed by atoms with van der Waals surface area (Å²) >= 11 is 6.72. The van der Waals surface area contributed by atoms with Gasteiger partial charge in [0, 0.05) is 17.6 Å². The van der Waals surface area contributed by atoms with E-state index in [1.165, 1.54) is 32.9 Å². The van der Waals surface area contributed by atoms with Crippen LogP contribution in [0, 0.1) is 5.92 Å². The van der Waals surface area contributed by atoms with Gasteiger partial charge in [-0.25, -0.2) is 9.59 Å². The Balaban J connectivity index is 2.20. The van der Waals surface area contributed by atoms with E-state index in [0.29, 0.717) is 5.92 Å². The number of allylic oxidation sites excluding steroid dienone is 5. The van der Waals surface area contributed by atoms with E-state index in [-0.39, 0.29) is 50.8 Å². The molecule has 0 spiro atoms. The Morgan fingerprint density at radius 3 is 2.34 bits per heavy atom. The zero-order valence-electron chi connectivity index (χ0n) is 20.5. The minimum Gasteiger partial charge on any atom is -0.442 e. The number of rotatable bonds is 8. The highest BCUT2D eigenvalue weighted by Crippen LogP contribution is 2.53. The van der Waals surface area contributed by atoms with E-state index < -0.39 is 28.8 Å². The normalized spacial score (nSPS) is 20.7. The summed E-state index contributed by atoms with van der Waals surface area (Å²) in [5.41, 5.74) is -1.67. The average molecular weight is 499 g/mol. The first-order chi connectivity index (χ1) is 16.3. The Labute approximate surface area is 208 Å². The second-order valence-electron chi connectivity index (χ2n) is 9.04. The molecule has 2 atom stereocenters. The maximum absolute atomic E-state index is 12.9. The van der Waals surface area contributed by atoms with Gasteiger partial charge in [-0.2, -0.15) is 0 Å². The molecule has 2 aliphatic rings. The number of fused-ring (bicyclic) bond motifs is 3. The minimum absolute atomic E-state index is 0.0204. The standard InChI is InChI=1S/C27H27ClO7/c1-7-13(2)10-14(3)8-9-17(31)11-19-20-12-18(15(4)29)25(32)34-24(20)27(6)22(23(19)28)21(16(5)30)26(33)35-27/h8-10,12-13H,7,11H2,1-6H3/b9-8+,14-10+/t13?,27-/m0/s1. The number of carbonyl (C=O) groups excluding carboxylic acids is 4. The molecule has 1 aromatic rings. The van der Waals surface area contributed by atoms with Gasteiger partial charge in [0.1, 0.15) is 11.1 Å². The number of carbonyl (C=O) groups is 4. The Morgan fingerprint density at radius 1 is 1.11 bits per heavy atom. The molecule has 2 heterocycles. The van der Waals surface area contributed by atoms with Crippen LogP contribution in [0.1, 0.15) is 76.1 Å². The zero-order valence-corrected chi connectivity index (χ0v) is 21.3. The van der Waals surface area contributed by atoms with Crippen molar-refractivity contribution in [1.29, 1.82) is 0 Å². The summed E-state index contributed by atoms with van der Waals surface area (Å²) in [5.74, 6) is -2.05. The monoisotopic (exact) mass is 498 g/mol. The molecule has 0 amide bonds. The molecule has 1 unspecified atom stereocenters. The second kappa shape index (κ2) is 9.74. The Bertz CT molecular complexity index is 1340. The van der Waals surface area contributed by atoms with Gasteiger partial charge >= 0.3 is 11.6 Å². The van der Waals surface area contributed by atoms with Crippen molar-refractivity contribution in [2.45, 2.75) is 60.0 Å². The predicted octanol–water partition coefficient (Wildman–Crippen LogP) is 4.97. The van der Waals surface area contributed by atoms with Gasteiger partial charge < -0.3 is 9.15 Å². The number of halogens is 1. The van der Waals surface area contributed by atoms with Crippen LogP contribution in [-0.4, -0.2) is 23.3 Å². The maximum atomic E-state index is 12.9. The van der Waals surface area contributed by atoms with Gasteiger partial charge in [0.25, 0.3) is 0 Å². The molecule has 0 bridgehead atoms. The fraction of sp³-hybridized carbons (Fsp3) is 0.370. The van der Waals surface area contributed by atoms with Crippen molar-refractivity contribution in [2.24, 2.45) is 5.92 Å². The molecular formula is C27H27ClO7. The Hall–Kier alpha value is -3.32. The first kappa shape index (κ1) is 26.3. The van der Waals surface area contributed by atoms with Crippen LogP contribution < -0.4 is 5.63 Å². The van der Waals surface area contributed by atoms with Gasteiger partial charge in [-0.05, 0) is 51.3 Å². The summed E-state index contributed by atoms with van der Waals surface area (Å²) in [6.07, 6.45) is 5.92. The van der Waals surface area contributed by atoms with Crippen molar-refractivity contribution in [3.8, 4) is 0 Å². The van der Waals surface area contributed by atoms with Crippen molar-refractivity contribution in [1.82, 2.24) is 0 Å². The lowest BCUT2D eigenvalue weighted by Crippen LogP contribution is -2.32. The lowest BCUT2D eigenvalue weighted by molar-refractivity contribution is -0.148. The van der Waals surface area contributed by atoms with E-state index >= 15 is 0 Å². The fourth-order valence-corrected chi connectivity index (χ4v) is 4.69. The molecule has 0 aromatic carbocycles. The van der Waals surface area contributed by atoms with Crippen LogP contribution in [0.5, 0.6) is 0 Å². The predicted molar refractivity (Wildman–Crippen MR) is 131 cm³/mol. The topological polar surface area (TPSA) is 108 Å². The highest BCUT2D eigenvalue weighted by molar-refractivity contribution is 6.38. The first-order valence-corrected chi connectivity index (χ1v) is 11.7. The number of hydrogen-bond acceptors (Lipinski definition) is 7. The molecule has 0 fully saturated rings. The fourth-order valence-electron chi connectivity index (χ4n) is 4.24. The second-order valence-corrected chi connectivity index (χ2v) is 9.42. The van der Waals surface area contributed by atoms with Crippen LogP contribution in [-0.2, 0) is 24.7 Å². The van der Waals surface area contributed by atoms with Gasteiger partial charge in [-0.1, -0.05) is 49.6 Å². The van der Waals surface area contributed by atoms with Crippen molar-refractivity contribution in [2.75, 3.05) is 0 Å². The molecule has 0 saturated heterocycles. The molecule has 7 nitrogen and oxygen atoms in total. The van der Waals surface area contributed by atoms with E-state index in [9.17, 15) is 24.0 Å². The maximum Gasteiger partial charge on any atom is 0.347 e. The molecule has 0 saturated carbocycles. The summed E-state index contributed by atoms with van der Waals surface area (Å²) in [6, 6.07) is 1.30. The van der Waals surface area contributed by atoms with E-state index in [1.54, 1.807) is 6.08 Å². The van der Waals surface area contributed by atoms with Gasteiger partial charge in [0.05, 0.1) is 5.03 Å². The van der Waals surface area contributed by atoms with Crippen molar-refractivity contribution in [3.05, 3.63) is 73.4 Å². The van der Waals surface area contributed by atoms with Gasteiger partial charge in [-0.15, -0.1) is 0 Å². The number of ketones is 3. The van der Waals surface area contributed by atoms with Crippen LogP contribution in [0.4, 0.5) is 0 Å². The van der Waals surface area contributed by atoms with Gasteiger partial charge in [0.2, 0.25) is 0 Å². The molecule has 35 heavy (non-hydrogen) atoms. The molecule has 1 aromatic heterocycles. The Kier molecular flexibility index (Phi) is 7.31. The van der Waals surface area contributed by atoms with Crippen LogP contribution >= 0.6 is 11.6 Å². The van der Waals surface area contributed by atoms with E-state index in [0.717, 1.165) is 12.0 Å². The van der Waals surface area contributed by atoms with E-state index in [4.69, 9.17) is 20.8 Å². The molecular weight excluding hydrogens is 472 g/mol. The number of esters is 1. The van der Waals surface area contributed by atoms with E-state index in [2.05, 4.69) is 19.9 Å². The highest BCUT2D eigenvalue weighted by Gasteiger charge is 2.54. The van der Waals surface area contributed by atoms with Crippen molar-refractivity contribution < 1.29 is 28.3 Å². The van der Waals surface area contributed by atoms with Crippen LogP contribution in [0.3, 0.4) is 0 Å². The lowest BCUT2D eigenvalue weighted by atomic mass is 9.78. The SMILES string of the molecule is CCC(C)/C=C(C)/C=C/C(=O)CC1=C(Cl)C2=C(C(C)=O)C(=O)O[C@]2(C)c2oc(=O)c(C(C)=O)cc21. The third-order valence-corrected chi connectivity index (χ3v) is 6.64. The van der Waals surface area contributed by atoms with Crippen LogP contribution in [0.2, 0.25) is 0 Å².